The highest BCUT2D eigenvalue weighted by Gasteiger charge is 2.34. The average Bonchev–Trinajstić information content (AvgIpc) is 3.18. The molecule has 1 amide bonds. The van der Waals surface area contributed by atoms with Crippen LogP contribution in [0, 0.1) is 12.8 Å². The van der Waals surface area contributed by atoms with Crippen LogP contribution in [0.15, 0.2) is 22.7 Å². The molecule has 0 aromatic heterocycles. The van der Waals surface area contributed by atoms with Gasteiger partial charge >= 0.3 is 0 Å². The Kier molecular flexibility index (Phi) is 4.13. The van der Waals surface area contributed by atoms with Crippen molar-refractivity contribution >= 4 is 21.8 Å². The van der Waals surface area contributed by atoms with E-state index in [1.807, 2.05) is 25.1 Å². The predicted octanol–water partition coefficient (Wildman–Crippen LogP) is 2.97. The largest absolute Gasteiger partial charge is 0.352 e. The van der Waals surface area contributed by atoms with Crippen LogP contribution in [-0.2, 0) is 0 Å². The van der Waals surface area contributed by atoms with E-state index in [9.17, 15) is 4.79 Å². The average molecular weight is 337 g/mol. The molecule has 3 rings (SSSR count). The zero-order valence-corrected chi connectivity index (χ0v) is 13.4. The highest BCUT2D eigenvalue weighted by atomic mass is 79.9. The van der Waals surface area contributed by atoms with E-state index >= 15 is 0 Å². The normalized spacial score (nSPS) is 23.0. The van der Waals surface area contributed by atoms with Crippen molar-refractivity contribution in [3.8, 4) is 0 Å². The summed E-state index contributed by atoms with van der Waals surface area (Å²) in [5.41, 5.74) is 1.83. The quantitative estimate of drug-likeness (QED) is 0.916. The zero-order valence-electron chi connectivity index (χ0n) is 11.9. The maximum Gasteiger partial charge on any atom is 0.252 e. The van der Waals surface area contributed by atoms with E-state index in [4.69, 9.17) is 0 Å². The van der Waals surface area contributed by atoms with Crippen molar-refractivity contribution in [1.29, 1.82) is 0 Å². The Bertz CT molecular complexity index is 513. The second kappa shape index (κ2) is 5.86. The zero-order chi connectivity index (χ0) is 14.1. The molecule has 1 N–H and O–H groups in total. The molecule has 1 aliphatic carbocycles. The van der Waals surface area contributed by atoms with Gasteiger partial charge in [0.2, 0.25) is 0 Å². The summed E-state index contributed by atoms with van der Waals surface area (Å²) in [6.45, 7) is 5.16. The van der Waals surface area contributed by atoms with Crippen LogP contribution in [0.2, 0.25) is 0 Å². The lowest BCUT2D eigenvalue weighted by Gasteiger charge is -2.15. The first-order valence-electron chi connectivity index (χ1n) is 7.42. The Balaban J connectivity index is 1.53. The SMILES string of the molecule is Cc1cccc(C(=O)NCC2CCN(C3CC3)C2)c1Br. The number of nitrogens with one attached hydrogen (secondary N) is 1. The molecule has 1 unspecified atom stereocenters. The summed E-state index contributed by atoms with van der Waals surface area (Å²) in [6, 6.07) is 6.66. The Morgan fingerprint density at radius 1 is 1.40 bits per heavy atom. The smallest absolute Gasteiger partial charge is 0.252 e. The first-order chi connectivity index (χ1) is 9.65. The summed E-state index contributed by atoms with van der Waals surface area (Å²) >= 11 is 3.50. The van der Waals surface area contributed by atoms with Crippen LogP contribution in [-0.4, -0.2) is 36.5 Å². The number of carbonyl (C=O) groups is 1. The summed E-state index contributed by atoms with van der Waals surface area (Å²) in [5.74, 6) is 0.647. The van der Waals surface area contributed by atoms with Gasteiger partial charge in [0.05, 0.1) is 5.56 Å². The van der Waals surface area contributed by atoms with Gasteiger partial charge < -0.3 is 10.2 Å². The number of carbonyl (C=O) groups excluding carboxylic acids is 1. The van der Waals surface area contributed by atoms with E-state index in [0.717, 1.165) is 34.7 Å². The van der Waals surface area contributed by atoms with E-state index < -0.39 is 0 Å². The maximum absolute atomic E-state index is 12.2. The standard InChI is InChI=1S/C16H21BrN2O/c1-11-3-2-4-14(15(11)17)16(20)18-9-12-7-8-19(10-12)13-5-6-13/h2-4,12-13H,5-10H2,1H3,(H,18,20). The molecule has 2 fully saturated rings. The van der Waals surface area contributed by atoms with Gasteiger partial charge in [-0.1, -0.05) is 12.1 Å². The minimum Gasteiger partial charge on any atom is -0.352 e. The van der Waals surface area contributed by atoms with Crippen molar-refractivity contribution < 1.29 is 4.79 Å². The lowest BCUT2D eigenvalue weighted by atomic mass is 10.1. The molecule has 0 bridgehead atoms. The minimum absolute atomic E-state index is 0.0328. The highest BCUT2D eigenvalue weighted by Crippen LogP contribution is 2.31. The van der Waals surface area contributed by atoms with Gasteiger partial charge in [-0.05, 0) is 66.2 Å². The third-order valence-electron chi connectivity index (χ3n) is 4.37. The number of likely N-dealkylation sites (tertiary alicyclic amines) is 1. The number of aryl methyl sites for hydroxylation is 1. The van der Waals surface area contributed by atoms with Gasteiger partial charge in [0, 0.05) is 23.6 Å². The Hall–Kier alpha value is -0.870. The van der Waals surface area contributed by atoms with Crippen molar-refractivity contribution in [3.05, 3.63) is 33.8 Å². The van der Waals surface area contributed by atoms with Crippen LogP contribution >= 0.6 is 15.9 Å². The number of amides is 1. The molecule has 3 nitrogen and oxygen atoms in total. The lowest BCUT2D eigenvalue weighted by molar-refractivity contribution is 0.0946. The van der Waals surface area contributed by atoms with Crippen molar-refractivity contribution in [3.63, 3.8) is 0 Å². The lowest BCUT2D eigenvalue weighted by Crippen LogP contribution is -2.31. The second-order valence-electron chi connectivity index (χ2n) is 6.03. The van der Waals surface area contributed by atoms with Gasteiger partial charge in [0.15, 0.2) is 0 Å². The topological polar surface area (TPSA) is 32.3 Å². The number of hydrogen-bond acceptors (Lipinski definition) is 2. The van der Waals surface area contributed by atoms with Gasteiger partial charge in [-0.3, -0.25) is 4.79 Å². The predicted molar refractivity (Wildman–Crippen MR) is 83.9 cm³/mol. The summed E-state index contributed by atoms with van der Waals surface area (Å²) in [4.78, 5) is 14.8. The molecule has 1 saturated carbocycles. The molecule has 1 aromatic rings. The second-order valence-corrected chi connectivity index (χ2v) is 6.82. The fraction of sp³-hybridized carbons (Fsp3) is 0.562. The molecule has 1 aromatic carbocycles. The van der Waals surface area contributed by atoms with Crippen LogP contribution in [0.4, 0.5) is 0 Å². The number of rotatable bonds is 4. The van der Waals surface area contributed by atoms with Crippen molar-refractivity contribution in [2.75, 3.05) is 19.6 Å². The molecule has 4 heteroatoms. The first-order valence-corrected chi connectivity index (χ1v) is 8.22. The van der Waals surface area contributed by atoms with Gasteiger partial charge in [-0.25, -0.2) is 0 Å². The number of benzene rings is 1. The van der Waals surface area contributed by atoms with E-state index in [-0.39, 0.29) is 5.91 Å². The van der Waals surface area contributed by atoms with Gasteiger partial charge in [0.1, 0.15) is 0 Å². The molecular weight excluding hydrogens is 316 g/mol. The van der Waals surface area contributed by atoms with E-state index in [2.05, 4.69) is 26.1 Å². The Morgan fingerprint density at radius 3 is 2.95 bits per heavy atom. The molecule has 0 radical (unpaired) electrons. The fourth-order valence-corrected chi connectivity index (χ4v) is 3.40. The molecule has 1 saturated heterocycles. The minimum atomic E-state index is 0.0328. The van der Waals surface area contributed by atoms with Crippen LogP contribution in [0.1, 0.15) is 35.2 Å². The van der Waals surface area contributed by atoms with E-state index in [0.29, 0.717) is 5.92 Å². The van der Waals surface area contributed by atoms with Crippen molar-refractivity contribution in [1.82, 2.24) is 10.2 Å². The highest BCUT2D eigenvalue weighted by molar-refractivity contribution is 9.10. The molecule has 1 heterocycles. The third-order valence-corrected chi connectivity index (χ3v) is 5.42. The fourth-order valence-electron chi connectivity index (χ4n) is 2.96. The summed E-state index contributed by atoms with van der Waals surface area (Å²) in [7, 11) is 0. The number of hydrogen-bond donors (Lipinski definition) is 1. The van der Waals surface area contributed by atoms with Crippen LogP contribution in [0.5, 0.6) is 0 Å². The molecule has 20 heavy (non-hydrogen) atoms. The van der Waals surface area contributed by atoms with E-state index in [1.165, 1.54) is 25.8 Å². The molecular formula is C16H21BrN2O. The van der Waals surface area contributed by atoms with Crippen molar-refractivity contribution in [2.24, 2.45) is 5.92 Å². The Labute approximate surface area is 128 Å². The summed E-state index contributed by atoms with van der Waals surface area (Å²) in [6.07, 6.45) is 3.95. The van der Waals surface area contributed by atoms with Gasteiger partial charge in [0.25, 0.3) is 5.91 Å². The van der Waals surface area contributed by atoms with Gasteiger partial charge in [-0.2, -0.15) is 0 Å². The van der Waals surface area contributed by atoms with Crippen LogP contribution in [0.25, 0.3) is 0 Å². The summed E-state index contributed by atoms with van der Waals surface area (Å²) < 4.78 is 0.906. The van der Waals surface area contributed by atoms with Crippen molar-refractivity contribution in [2.45, 2.75) is 32.2 Å². The van der Waals surface area contributed by atoms with Gasteiger partial charge in [-0.15, -0.1) is 0 Å². The van der Waals surface area contributed by atoms with E-state index in [1.54, 1.807) is 0 Å². The van der Waals surface area contributed by atoms with Crippen LogP contribution < -0.4 is 5.32 Å². The molecule has 0 spiro atoms. The first kappa shape index (κ1) is 14.1. The molecule has 1 aliphatic heterocycles. The molecule has 2 aliphatic rings. The molecule has 1 atom stereocenters. The third kappa shape index (κ3) is 3.07. The Morgan fingerprint density at radius 2 is 2.20 bits per heavy atom. The number of nitrogens with zero attached hydrogens (tertiary/aromatic N) is 1. The maximum atomic E-state index is 12.2. The monoisotopic (exact) mass is 336 g/mol. The molecule has 108 valence electrons. The summed E-state index contributed by atoms with van der Waals surface area (Å²) in [5, 5.41) is 3.09. The number of halogens is 1. The van der Waals surface area contributed by atoms with Crippen LogP contribution in [0.3, 0.4) is 0 Å².